The molecule has 348 valence electrons. The van der Waals surface area contributed by atoms with Crippen molar-refractivity contribution in [2.24, 2.45) is 16.7 Å². The molecule has 3 aromatic rings. The quantitative estimate of drug-likeness (QED) is 0.171. The summed E-state index contributed by atoms with van der Waals surface area (Å²) in [6.07, 6.45) is 10.1. The third kappa shape index (κ3) is 6.89. The minimum atomic E-state index is -1.39. The van der Waals surface area contributed by atoms with Crippen molar-refractivity contribution < 1.29 is 37.5 Å². The number of carbonyl (C=O) groups is 6. The number of Topliss-reactive ketones (excluding diaryl/α,β-unsaturated/α-hetero) is 1. The molecule has 4 saturated carbocycles. The molecule has 5 heterocycles. The normalized spacial score (nSPS) is 30.8. The Morgan fingerprint density at radius 3 is 2.30 bits per heavy atom. The molecule has 4 atom stereocenters. The van der Waals surface area contributed by atoms with Crippen LogP contribution in [0.2, 0.25) is 5.02 Å². The van der Waals surface area contributed by atoms with Crippen LogP contribution >= 0.6 is 11.6 Å². The number of benzene rings is 3. The Balaban J connectivity index is 0.773. The number of ketones is 1. The van der Waals surface area contributed by atoms with Gasteiger partial charge in [0, 0.05) is 77.1 Å². The van der Waals surface area contributed by atoms with Crippen LogP contribution in [0.15, 0.2) is 54.6 Å². The first-order valence-corrected chi connectivity index (χ1v) is 24.6. The van der Waals surface area contributed by atoms with E-state index in [1.54, 1.807) is 24.3 Å². The van der Waals surface area contributed by atoms with Crippen molar-refractivity contribution in [3.05, 3.63) is 99.1 Å². The van der Waals surface area contributed by atoms with Gasteiger partial charge in [0.2, 0.25) is 23.6 Å². The summed E-state index contributed by atoms with van der Waals surface area (Å²) in [5.41, 5.74) is 0.188. The lowest BCUT2D eigenvalue weighted by atomic mass is 9.51. The van der Waals surface area contributed by atoms with Gasteiger partial charge in [0.25, 0.3) is 5.91 Å². The second-order valence-corrected chi connectivity index (χ2v) is 21.3. The summed E-state index contributed by atoms with van der Waals surface area (Å²) in [5, 5.41) is 9.59. The summed E-state index contributed by atoms with van der Waals surface area (Å²) >= 11 is 6.44. The minimum absolute atomic E-state index is 0.0221. The number of likely N-dealkylation sites (tertiary alicyclic amines) is 1. The summed E-state index contributed by atoms with van der Waals surface area (Å²) in [7, 11) is 0. The number of halogens is 3. The molecule has 11 nitrogen and oxygen atoms in total. The smallest absolute Gasteiger partial charge is 0.255 e. The highest BCUT2D eigenvalue weighted by Crippen LogP contribution is 2.64. The standard InChI is InChI=1S/C53H54ClF2N5O6/c54-33-12-13-37-39(28-33)57-48(66)53(37)43(35-8-5-9-38(55)44(35)56)45(59-52(53)18-2-1-3-19-52)41(62)29-50-20-23-51(24-21-50,25-22-50)49(67)60-26-16-31(17-27-60)10-11-32-6-4-7-34-36(32)30-61(47(34)65)40-14-15-42(63)58-46(40)64/h4-9,12-13,28,31,40,43,45,59H,1-3,14-27,29-30H2,(H,57,66)(H,58,63,64)/t40?,43-,45-,50?,51?,53+/m0/s1. The third-order valence-corrected chi connectivity index (χ3v) is 17.8. The summed E-state index contributed by atoms with van der Waals surface area (Å²) in [4.78, 5) is 85.6. The molecule has 3 saturated heterocycles. The fourth-order valence-electron chi connectivity index (χ4n) is 14.0. The molecule has 7 fully saturated rings. The molecule has 2 spiro atoms. The zero-order valence-electron chi connectivity index (χ0n) is 37.4. The van der Waals surface area contributed by atoms with Crippen LogP contribution in [0.5, 0.6) is 0 Å². The van der Waals surface area contributed by atoms with E-state index in [9.17, 15) is 24.0 Å². The lowest BCUT2D eigenvalue weighted by molar-refractivity contribution is -0.154. The molecule has 14 heteroatoms. The molecule has 2 bridgehead atoms. The molecule has 4 aliphatic carbocycles. The topological polar surface area (TPSA) is 145 Å². The minimum Gasteiger partial charge on any atom is -0.342 e. The Labute approximate surface area is 393 Å². The Bertz CT molecular complexity index is 2690. The average Bonchev–Trinajstić information content (AvgIpc) is 3.93. The first-order valence-electron chi connectivity index (χ1n) is 24.2. The van der Waals surface area contributed by atoms with Crippen molar-refractivity contribution in [1.29, 1.82) is 0 Å². The van der Waals surface area contributed by atoms with Crippen LogP contribution in [0.3, 0.4) is 0 Å². The van der Waals surface area contributed by atoms with Gasteiger partial charge >= 0.3 is 0 Å². The van der Waals surface area contributed by atoms with Crippen LogP contribution in [0.25, 0.3) is 0 Å². The first-order chi connectivity index (χ1) is 32.3. The van der Waals surface area contributed by atoms with Crippen LogP contribution in [-0.2, 0) is 35.9 Å². The highest BCUT2D eigenvalue weighted by Gasteiger charge is 2.72. The SMILES string of the molecule is O=C1CCC(N2Cc3c(C#CC4CCN(C(=O)C56CCC(CC(=O)[C@@H]7NC8(CCCCC8)[C@@]8(C(=O)Nc9cc(Cl)ccc98)[C@H]7c7cccc(F)c7F)(CC5)CC6)CC4)cccc3C2=O)C(=O)N1. The fourth-order valence-corrected chi connectivity index (χ4v) is 14.2. The van der Waals surface area contributed by atoms with Gasteiger partial charge in [0.1, 0.15) is 11.5 Å². The van der Waals surface area contributed by atoms with Gasteiger partial charge in [0.05, 0.1) is 6.04 Å². The Hall–Kier alpha value is -5.45. The van der Waals surface area contributed by atoms with E-state index in [0.717, 1.165) is 49.3 Å². The Morgan fingerprint density at radius 2 is 1.57 bits per heavy atom. The van der Waals surface area contributed by atoms with Crippen LogP contribution in [-0.4, -0.2) is 75.8 Å². The van der Waals surface area contributed by atoms with Gasteiger partial charge in [-0.05, 0) is 123 Å². The van der Waals surface area contributed by atoms with Gasteiger partial charge in [-0.15, -0.1) is 0 Å². The van der Waals surface area contributed by atoms with Gasteiger partial charge in [0.15, 0.2) is 17.4 Å². The molecule has 3 N–H and O–H groups in total. The molecule has 12 rings (SSSR count). The molecule has 1 unspecified atom stereocenters. The van der Waals surface area contributed by atoms with E-state index in [-0.39, 0.29) is 65.7 Å². The van der Waals surface area contributed by atoms with E-state index in [1.165, 1.54) is 17.0 Å². The van der Waals surface area contributed by atoms with Crippen LogP contribution in [0, 0.1) is 40.2 Å². The van der Waals surface area contributed by atoms with Crippen molar-refractivity contribution in [2.75, 3.05) is 18.4 Å². The summed E-state index contributed by atoms with van der Waals surface area (Å²) < 4.78 is 31.5. The maximum absolute atomic E-state index is 16.3. The first kappa shape index (κ1) is 44.1. The average molecular weight is 930 g/mol. The number of hydrogen-bond acceptors (Lipinski definition) is 7. The van der Waals surface area contributed by atoms with E-state index in [1.807, 2.05) is 17.0 Å². The summed E-state index contributed by atoms with van der Waals surface area (Å²) in [6.45, 7) is 1.44. The predicted octanol–water partition coefficient (Wildman–Crippen LogP) is 7.62. The van der Waals surface area contributed by atoms with Crippen molar-refractivity contribution in [2.45, 2.75) is 138 Å². The van der Waals surface area contributed by atoms with Crippen molar-refractivity contribution in [3.63, 3.8) is 0 Å². The molecule has 3 aromatic carbocycles. The van der Waals surface area contributed by atoms with Crippen molar-refractivity contribution in [1.82, 2.24) is 20.4 Å². The number of amides is 5. The second kappa shape index (κ2) is 16.4. The Morgan fingerprint density at radius 1 is 0.836 bits per heavy atom. The number of nitrogens with one attached hydrogen (secondary N) is 3. The van der Waals surface area contributed by atoms with E-state index in [4.69, 9.17) is 11.6 Å². The number of fused-ring (bicyclic) bond motifs is 7. The van der Waals surface area contributed by atoms with Gasteiger partial charge < -0.3 is 15.1 Å². The molecular weight excluding hydrogens is 876 g/mol. The lowest BCUT2D eigenvalue weighted by Gasteiger charge is -2.54. The molecule has 9 aliphatic rings. The van der Waals surface area contributed by atoms with E-state index >= 15 is 13.6 Å². The third-order valence-electron chi connectivity index (χ3n) is 17.5. The van der Waals surface area contributed by atoms with Gasteiger partial charge in [-0.3, -0.25) is 39.4 Å². The van der Waals surface area contributed by atoms with Crippen LogP contribution in [0.1, 0.15) is 141 Å². The number of rotatable bonds is 6. The van der Waals surface area contributed by atoms with Crippen LogP contribution < -0.4 is 16.0 Å². The highest BCUT2D eigenvalue weighted by molar-refractivity contribution is 6.31. The molecule has 5 aliphatic heterocycles. The number of imide groups is 1. The fraction of sp³-hybridized carbons (Fsp3) is 0.509. The van der Waals surface area contributed by atoms with Gasteiger partial charge in [-0.2, -0.15) is 0 Å². The number of nitrogens with zero attached hydrogens (tertiary/aromatic N) is 2. The molecular formula is C53H54ClF2N5O6. The van der Waals surface area contributed by atoms with Crippen molar-refractivity contribution in [3.8, 4) is 11.8 Å². The van der Waals surface area contributed by atoms with Crippen molar-refractivity contribution >= 4 is 52.6 Å². The van der Waals surface area contributed by atoms with Gasteiger partial charge in [-0.1, -0.05) is 67.0 Å². The molecule has 0 radical (unpaired) electrons. The Kier molecular flexibility index (Phi) is 10.8. The van der Waals surface area contributed by atoms with Gasteiger partial charge in [-0.25, -0.2) is 8.78 Å². The number of anilines is 1. The maximum Gasteiger partial charge on any atom is 0.255 e. The number of carbonyl (C=O) groups excluding carboxylic acids is 6. The highest BCUT2D eigenvalue weighted by atomic mass is 35.5. The predicted molar refractivity (Wildman–Crippen MR) is 244 cm³/mol. The zero-order valence-corrected chi connectivity index (χ0v) is 38.2. The maximum atomic E-state index is 16.3. The second-order valence-electron chi connectivity index (χ2n) is 20.8. The summed E-state index contributed by atoms with van der Waals surface area (Å²) in [6, 6.07) is 13.1. The largest absolute Gasteiger partial charge is 0.342 e. The van der Waals surface area contributed by atoms with E-state index in [0.29, 0.717) is 92.7 Å². The van der Waals surface area contributed by atoms with E-state index < -0.39 is 51.9 Å². The molecule has 5 amide bonds. The molecule has 0 aromatic heterocycles. The summed E-state index contributed by atoms with van der Waals surface area (Å²) in [5.74, 6) is 2.48. The molecule has 67 heavy (non-hydrogen) atoms. The van der Waals surface area contributed by atoms with Crippen LogP contribution in [0.4, 0.5) is 14.5 Å². The van der Waals surface area contributed by atoms with E-state index in [2.05, 4.69) is 27.8 Å². The lowest BCUT2D eigenvalue weighted by Crippen LogP contribution is -2.60. The number of hydrogen-bond donors (Lipinski definition) is 3. The monoisotopic (exact) mass is 929 g/mol. The zero-order chi connectivity index (χ0) is 46.5. The number of piperidine rings is 2.